The van der Waals surface area contributed by atoms with Crippen molar-refractivity contribution in [3.8, 4) is 0 Å². The third kappa shape index (κ3) is 16.4. The maximum Gasteiger partial charge on any atom is 0.307 e. The fraction of sp³-hybridized carbons (Fsp3) is 0.580. The number of carbonyl (C=O) groups excluding carboxylic acids is 8. The highest BCUT2D eigenvalue weighted by molar-refractivity contribution is 7.98. The number of rotatable bonds is 13. The lowest BCUT2D eigenvalue weighted by Crippen LogP contribution is -2.61. The van der Waals surface area contributed by atoms with Gasteiger partial charge in [0.2, 0.25) is 35.4 Å². The van der Waals surface area contributed by atoms with E-state index in [2.05, 4.69) is 16.0 Å². The lowest BCUT2D eigenvalue weighted by atomic mass is 9.95. The molecule has 69 heavy (non-hydrogen) atoms. The number of Topliss-reactive ketones (excluding diaryl/α,β-unsaturated/α-hetero) is 2. The van der Waals surface area contributed by atoms with E-state index in [1.54, 1.807) is 35.2 Å². The fourth-order valence-corrected chi connectivity index (χ4v) is 11.2. The number of aliphatic hydroxyl groups excluding tert-OH is 1. The number of fused-ring (bicyclic) bond motifs is 4. The lowest BCUT2D eigenvalue weighted by Gasteiger charge is -2.33. The van der Waals surface area contributed by atoms with E-state index in [1.165, 1.54) is 35.3 Å². The molecule has 7 N–H and O–H groups in total. The standard InChI is InChI=1S/C50H68N6O11S2/c1-3-4-6-16-37(58)25-35-29-68-27-33-14-9-15-34(23-33)28-69-30-36(50(66)67)26-42(59)39(24-32-12-7-5-8-13-32)53-45(61)38(19-20-43(51)60)52-47(63)44(31(2)57)54-46(62)40-17-10-21-55(40)49(65)41-18-11-22-56(41)48(35)64/h5,7-9,12-15,23,31,35-36,38-41,44,57H,3-4,6,10-11,16-22,24-30H2,1-2H3,(H2,51,60)(H,52,63)(H,53,61)(H,54,62)(H,66,67)/t31-,35+,36+,38+,39+,40+,41+,44+/m1/s1. The minimum atomic E-state index is -1.64. The number of hydrogen-bond donors (Lipinski definition) is 6. The van der Waals surface area contributed by atoms with Gasteiger partial charge in [-0.3, -0.25) is 43.2 Å². The molecule has 17 nitrogen and oxygen atoms in total. The Labute approximate surface area is 412 Å². The van der Waals surface area contributed by atoms with Crippen molar-refractivity contribution in [3.63, 3.8) is 0 Å². The molecule has 8 atom stereocenters. The maximum absolute atomic E-state index is 14.5. The first-order valence-corrected chi connectivity index (χ1v) is 26.4. The van der Waals surface area contributed by atoms with Gasteiger partial charge in [-0.1, -0.05) is 74.4 Å². The second-order valence-corrected chi connectivity index (χ2v) is 20.4. The zero-order valence-electron chi connectivity index (χ0n) is 39.6. The van der Waals surface area contributed by atoms with Crippen LogP contribution in [0.5, 0.6) is 0 Å². The van der Waals surface area contributed by atoms with Crippen LogP contribution < -0.4 is 21.7 Å². The molecule has 0 radical (unpaired) electrons. The summed E-state index contributed by atoms with van der Waals surface area (Å²) in [5.74, 6) is -6.34. The van der Waals surface area contributed by atoms with Crippen molar-refractivity contribution >= 4 is 76.5 Å². The van der Waals surface area contributed by atoms with Crippen LogP contribution in [0.15, 0.2) is 54.6 Å². The van der Waals surface area contributed by atoms with E-state index in [0.29, 0.717) is 55.1 Å². The molecule has 3 aliphatic heterocycles. The Hall–Kier alpha value is -5.27. The van der Waals surface area contributed by atoms with E-state index in [0.717, 1.165) is 30.4 Å². The first-order chi connectivity index (χ1) is 33.1. The third-order valence-corrected chi connectivity index (χ3v) is 15.2. The number of nitrogens with one attached hydrogen (secondary N) is 3. The zero-order chi connectivity index (χ0) is 50.0. The molecule has 5 rings (SSSR count). The van der Waals surface area contributed by atoms with Crippen molar-refractivity contribution < 1.29 is 53.4 Å². The quantitative estimate of drug-likeness (QED) is 0.158. The molecule has 0 aromatic heterocycles. The number of aliphatic hydroxyl groups is 1. The summed E-state index contributed by atoms with van der Waals surface area (Å²) in [4.78, 5) is 126. The van der Waals surface area contributed by atoms with E-state index in [1.807, 2.05) is 31.2 Å². The van der Waals surface area contributed by atoms with Gasteiger partial charge in [0.15, 0.2) is 5.78 Å². The number of unbranched alkanes of at least 4 members (excludes halogenated alkanes) is 2. The van der Waals surface area contributed by atoms with Crippen LogP contribution in [0.3, 0.4) is 0 Å². The molecule has 2 saturated heterocycles. The Morgan fingerprint density at radius 3 is 2.04 bits per heavy atom. The molecule has 376 valence electrons. The van der Waals surface area contributed by atoms with Crippen LogP contribution in [0.2, 0.25) is 0 Å². The molecule has 2 aromatic carbocycles. The monoisotopic (exact) mass is 992 g/mol. The molecule has 0 unspecified atom stereocenters. The van der Waals surface area contributed by atoms with Crippen LogP contribution in [0.1, 0.15) is 108 Å². The van der Waals surface area contributed by atoms with Gasteiger partial charge in [-0.2, -0.15) is 23.5 Å². The summed E-state index contributed by atoms with van der Waals surface area (Å²) in [6.07, 6.45) is 1.91. The summed E-state index contributed by atoms with van der Waals surface area (Å²) in [5, 5.41) is 28.9. The average molecular weight is 993 g/mol. The molecule has 3 heterocycles. The number of nitrogens with zero attached hydrogens (tertiary/aromatic N) is 2. The van der Waals surface area contributed by atoms with Gasteiger partial charge in [-0.25, -0.2) is 0 Å². The van der Waals surface area contributed by atoms with Crippen LogP contribution in [0, 0.1) is 11.8 Å². The van der Waals surface area contributed by atoms with Crippen molar-refractivity contribution in [3.05, 3.63) is 71.3 Å². The minimum absolute atomic E-state index is 0.0159. The first kappa shape index (κ1) is 54.7. The number of primary amides is 1. The van der Waals surface area contributed by atoms with Gasteiger partial charge in [0.05, 0.1) is 24.0 Å². The molecule has 0 saturated carbocycles. The van der Waals surface area contributed by atoms with E-state index in [-0.39, 0.29) is 56.1 Å². The Bertz CT molecular complexity index is 2140. The van der Waals surface area contributed by atoms with Gasteiger partial charge in [0.25, 0.3) is 0 Å². The predicted molar refractivity (Wildman–Crippen MR) is 262 cm³/mol. The number of benzene rings is 2. The van der Waals surface area contributed by atoms with E-state index >= 15 is 0 Å². The highest BCUT2D eigenvalue weighted by Gasteiger charge is 2.44. The van der Waals surface area contributed by atoms with Crippen molar-refractivity contribution in [2.24, 2.45) is 17.6 Å². The summed E-state index contributed by atoms with van der Waals surface area (Å²) < 4.78 is 0. The molecule has 0 spiro atoms. The molecule has 2 fully saturated rings. The van der Waals surface area contributed by atoms with Gasteiger partial charge >= 0.3 is 5.97 Å². The molecule has 2 bridgehead atoms. The normalized spacial score (nSPS) is 25.6. The summed E-state index contributed by atoms with van der Waals surface area (Å²) in [6.45, 7) is 3.83. The number of nitrogens with two attached hydrogens (primary N) is 1. The third-order valence-electron chi connectivity index (χ3n) is 12.9. The molecular weight excluding hydrogens is 925 g/mol. The number of carboxylic acid groups (broad SMARTS) is 1. The summed E-state index contributed by atoms with van der Waals surface area (Å²) >= 11 is 2.85. The number of carboxylic acids is 1. The van der Waals surface area contributed by atoms with Gasteiger partial charge in [0.1, 0.15) is 30.0 Å². The van der Waals surface area contributed by atoms with Crippen LogP contribution in [0.4, 0.5) is 0 Å². The molecular formula is C50H68N6O11S2. The summed E-state index contributed by atoms with van der Waals surface area (Å²) in [7, 11) is 0. The van der Waals surface area contributed by atoms with Crippen molar-refractivity contribution in [2.45, 2.75) is 145 Å². The first-order valence-electron chi connectivity index (χ1n) is 24.1. The summed E-state index contributed by atoms with van der Waals surface area (Å²) in [6, 6.07) is 10.2. The topological polar surface area (TPSA) is 263 Å². The molecule has 0 aliphatic carbocycles. The molecule has 6 amide bonds. The minimum Gasteiger partial charge on any atom is -0.481 e. The van der Waals surface area contributed by atoms with Crippen LogP contribution in [-0.4, -0.2) is 134 Å². The van der Waals surface area contributed by atoms with Crippen molar-refractivity contribution in [1.82, 2.24) is 25.8 Å². The number of amides is 6. The van der Waals surface area contributed by atoms with E-state index in [9.17, 15) is 53.4 Å². The molecule has 3 aliphatic rings. The SMILES string of the molecule is CCCCCC(=O)C[C@H]1CSCc2cccc(c2)CSC[C@@H](C(=O)O)CC(=O)[C@H](Cc2ccccc2)NC(=O)[C@H](CCC(N)=O)NC(=O)[C@H]([C@@H](C)O)NC(=O)[C@@H]2CCCN2C(=O)[C@@H]2CCCN2C1=O. The Morgan fingerprint density at radius 1 is 0.768 bits per heavy atom. The van der Waals surface area contributed by atoms with Gasteiger partial charge in [-0.15, -0.1) is 0 Å². The van der Waals surface area contributed by atoms with E-state index in [4.69, 9.17) is 5.73 Å². The van der Waals surface area contributed by atoms with Gasteiger partial charge < -0.3 is 41.7 Å². The predicted octanol–water partition coefficient (Wildman–Crippen LogP) is 3.31. The molecule has 2 aromatic rings. The largest absolute Gasteiger partial charge is 0.481 e. The Kier molecular flexibility index (Phi) is 21.6. The zero-order valence-corrected chi connectivity index (χ0v) is 41.2. The van der Waals surface area contributed by atoms with E-state index < -0.39 is 95.9 Å². The second-order valence-electron chi connectivity index (χ2n) is 18.4. The van der Waals surface area contributed by atoms with Crippen molar-refractivity contribution in [1.29, 1.82) is 0 Å². The van der Waals surface area contributed by atoms with Crippen LogP contribution in [0.25, 0.3) is 0 Å². The van der Waals surface area contributed by atoms with Crippen molar-refractivity contribution in [2.75, 3.05) is 24.6 Å². The lowest BCUT2D eigenvalue weighted by molar-refractivity contribution is -0.148. The van der Waals surface area contributed by atoms with Gasteiger partial charge in [0, 0.05) is 61.8 Å². The second kappa shape index (κ2) is 27.2. The van der Waals surface area contributed by atoms with Crippen LogP contribution >= 0.6 is 23.5 Å². The number of ketones is 2. The van der Waals surface area contributed by atoms with Gasteiger partial charge in [-0.05, 0) is 68.6 Å². The Balaban J connectivity index is 1.47. The fourth-order valence-electron chi connectivity index (χ4n) is 9.07. The summed E-state index contributed by atoms with van der Waals surface area (Å²) in [5.41, 5.74) is 7.99. The van der Waals surface area contributed by atoms with Crippen LogP contribution in [-0.2, 0) is 61.1 Å². The molecule has 19 heteroatoms. The number of hydrogen-bond acceptors (Lipinski definition) is 12. The highest BCUT2D eigenvalue weighted by Crippen LogP contribution is 2.30. The Morgan fingerprint density at radius 2 is 1.41 bits per heavy atom. The smallest absolute Gasteiger partial charge is 0.307 e. The number of thioether (sulfide) groups is 2. The number of aliphatic carboxylic acids is 1. The highest BCUT2D eigenvalue weighted by atomic mass is 32.2. The number of carbonyl (C=O) groups is 9. The maximum atomic E-state index is 14.5. The average Bonchev–Trinajstić information content (AvgIpc) is 4.02.